The van der Waals surface area contributed by atoms with Gasteiger partial charge in [-0.15, -0.1) is 22.7 Å². The van der Waals surface area contributed by atoms with Gasteiger partial charge in [-0.3, -0.25) is 29.0 Å². The zero-order valence-corrected chi connectivity index (χ0v) is 59.4. The van der Waals surface area contributed by atoms with Crippen LogP contribution >= 0.6 is 38.6 Å². The van der Waals surface area contributed by atoms with Crippen molar-refractivity contribution in [3.8, 4) is 20.9 Å². The van der Waals surface area contributed by atoms with Gasteiger partial charge in [-0.25, -0.2) is 0 Å². The van der Waals surface area contributed by atoms with Crippen molar-refractivity contribution in [1.82, 2.24) is 9.80 Å². The summed E-state index contributed by atoms with van der Waals surface area (Å²) in [4.78, 5) is 70.2. The number of hydrogen-bond acceptors (Lipinski definition) is 6. The van der Waals surface area contributed by atoms with E-state index in [1.807, 2.05) is 12.1 Å². The maximum absolute atomic E-state index is 16.0. The van der Waals surface area contributed by atoms with E-state index in [0.29, 0.717) is 46.1 Å². The Labute approximate surface area is 547 Å². The van der Waals surface area contributed by atoms with E-state index in [-0.39, 0.29) is 35.5 Å². The summed E-state index contributed by atoms with van der Waals surface area (Å²) in [5.74, 6) is -0.724. The Morgan fingerprint density at radius 2 is 0.667 bits per heavy atom. The molecule has 2 aromatic carbocycles. The second-order valence-electron chi connectivity index (χ2n) is 27.0. The average molecular weight is 1290 g/mol. The van der Waals surface area contributed by atoms with E-state index in [1.54, 1.807) is 32.5 Å². The molecule has 0 spiro atoms. The molecule has 2 aliphatic rings. The number of rotatable bonds is 52. The Hall–Kier alpha value is -3.14. The number of aryl methyl sites for hydroxylation is 2. The molecule has 9 heteroatoms. The van der Waals surface area contributed by atoms with Crippen LogP contribution in [-0.2, 0) is 12.8 Å². The maximum Gasteiger partial charge on any atom is 0.262 e. The monoisotopic (exact) mass is 1290 g/mol. The van der Waals surface area contributed by atoms with Crippen LogP contribution in [0.3, 0.4) is 0 Å². The van der Waals surface area contributed by atoms with Crippen LogP contribution in [0.25, 0.3) is 31.7 Å². The van der Waals surface area contributed by atoms with Crippen molar-refractivity contribution >= 4 is 73.0 Å². The number of nitrogens with zero attached hydrogens (tertiary/aromatic N) is 2. The van der Waals surface area contributed by atoms with Crippen molar-refractivity contribution in [2.45, 2.75) is 337 Å². The summed E-state index contributed by atoms with van der Waals surface area (Å²) in [6, 6.07) is 10.6. The summed E-state index contributed by atoms with van der Waals surface area (Å²) in [5.41, 5.74) is 4.57. The Balaban J connectivity index is 1.45. The highest BCUT2D eigenvalue weighted by atomic mass is 79.9. The largest absolute Gasteiger partial charge is 0.274 e. The number of benzene rings is 2. The summed E-state index contributed by atoms with van der Waals surface area (Å²) in [7, 11) is 0. The summed E-state index contributed by atoms with van der Waals surface area (Å²) >= 11 is 7.35. The SMILES string of the molecule is CCCCCCCCCCC(CCCCCCCCCC)CN1C(=O)c2cc(-c3cc(CCCCCC)c(Br)s3)c3c4c(cc(-c5ccc(CCCCCC)s5)c(c24)C1=O)C(=O)N(CC(CCCCCCCCCC)CCCCCCCCCC)C3=O. The third-order valence-electron chi connectivity index (χ3n) is 19.5. The van der Waals surface area contributed by atoms with Crippen LogP contribution < -0.4 is 0 Å². The van der Waals surface area contributed by atoms with Crippen molar-refractivity contribution < 1.29 is 19.2 Å². The second kappa shape index (κ2) is 42.1. The number of imide groups is 2. The number of carbonyl (C=O) groups excluding carboxylic acids is 4. The van der Waals surface area contributed by atoms with E-state index in [2.05, 4.69) is 75.7 Å². The van der Waals surface area contributed by atoms with Crippen molar-refractivity contribution in [2.24, 2.45) is 11.8 Å². The Morgan fingerprint density at radius 1 is 0.345 bits per heavy atom. The zero-order chi connectivity index (χ0) is 62.0. The molecule has 486 valence electrons. The van der Waals surface area contributed by atoms with Crippen LogP contribution in [0.15, 0.2) is 34.1 Å². The first-order valence-electron chi connectivity index (χ1n) is 36.9. The third-order valence-corrected chi connectivity index (χ3v) is 22.7. The van der Waals surface area contributed by atoms with E-state index in [1.165, 1.54) is 222 Å². The molecule has 2 aromatic heterocycles. The van der Waals surface area contributed by atoms with Crippen LogP contribution in [0.5, 0.6) is 0 Å². The molecule has 2 aliphatic heterocycles. The Kier molecular flexibility index (Phi) is 35.3. The Bertz CT molecular complexity index is 2610. The molecule has 6 nitrogen and oxygen atoms in total. The topological polar surface area (TPSA) is 74.8 Å². The van der Waals surface area contributed by atoms with Gasteiger partial charge < -0.3 is 0 Å². The lowest BCUT2D eigenvalue weighted by Crippen LogP contribution is -2.46. The Morgan fingerprint density at radius 3 is 1.03 bits per heavy atom. The van der Waals surface area contributed by atoms with E-state index in [9.17, 15) is 0 Å². The van der Waals surface area contributed by atoms with Crippen LogP contribution in [0.4, 0.5) is 0 Å². The molecule has 4 heterocycles. The molecule has 0 aliphatic carbocycles. The zero-order valence-electron chi connectivity index (χ0n) is 56.2. The van der Waals surface area contributed by atoms with Crippen molar-refractivity contribution in [1.29, 1.82) is 0 Å². The molecule has 0 atom stereocenters. The predicted molar refractivity (Wildman–Crippen MR) is 381 cm³/mol. The summed E-state index contributed by atoms with van der Waals surface area (Å²) in [5, 5.41) is 1.02. The van der Waals surface area contributed by atoms with E-state index in [4.69, 9.17) is 0 Å². The third kappa shape index (κ3) is 22.9. The van der Waals surface area contributed by atoms with Gasteiger partial charge in [0, 0.05) is 60.7 Å². The molecule has 0 radical (unpaired) electrons. The van der Waals surface area contributed by atoms with Crippen LogP contribution in [0, 0.1) is 11.8 Å². The minimum absolute atomic E-state index is 0.190. The highest BCUT2D eigenvalue weighted by Crippen LogP contribution is 2.49. The number of carbonyl (C=O) groups is 4. The normalized spacial score (nSPS) is 13.4. The fourth-order valence-corrected chi connectivity index (χ4v) is 17.0. The lowest BCUT2D eigenvalue weighted by molar-refractivity contribution is 0.0557. The minimum atomic E-state index is -0.281. The van der Waals surface area contributed by atoms with E-state index in [0.717, 1.165) is 108 Å². The molecule has 4 aromatic rings. The number of unbranched alkanes of at least 4 members (excludes halogenated alkanes) is 34. The highest BCUT2D eigenvalue weighted by Gasteiger charge is 2.44. The standard InChI is InChI=1S/C78H121BrN2O4S2/c1-7-13-19-25-29-33-37-41-47-60(48-42-38-34-30-26-20-14-8-2)58-80-76(83)67-57-65(69-55-62(74(79)87-69)51-45-23-17-11-5)73-71-66(56-64(72(70(67)71)77(80)84)68-54-53-63(86-68)52-46-24-18-12-6)75(82)81(78(73)85)59-61(49-43-39-35-31-27-21-15-9-3)50-44-40-36-32-28-22-16-10-4/h53-57,60-61H,7-52,58-59H2,1-6H3. The lowest BCUT2D eigenvalue weighted by atomic mass is 9.80. The fourth-order valence-electron chi connectivity index (χ4n) is 14.2. The highest BCUT2D eigenvalue weighted by molar-refractivity contribution is 9.11. The first kappa shape index (κ1) is 72.9. The van der Waals surface area contributed by atoms with Gasteiger partial charge in [-0.1, -0.05) is 286 Å². The van der Waals surface area contributed by atoms with Crippen LogP contribution in [0.2, 0.25) is 0 Å². The van der Waals surface area contributed by atoms with Gasteiger partial charge in [0.25, 0.3) is 23.6 Å². The van der Waals surface area contributed by atoms with Crippen molar-refractivity contribution in [2.75, 3.05) is 13.1 Å². The average Bonchev–Trinajstić information content (AvgIpc) is 1.21. The lowest BCUT2D eigenvalue weighted by Gasteiger charge is -2.36. The molecule has 0 saturated carbocycles. The number of hydrogen-bond donors (Lipinski definition) is 0. The van der Waals surface area contributed by atoms with Gasteiger partial charge in [-0.05, 0) is 115 Å². The van der Waals surface area contributed by atoms with Gasteiger partial charge >= 0.3 is 0 Å². The van der Waals surface area contributed by atoms with Gasteiger partial charge in [0.2, 0.25) is 0 Å². The molecular formula is C78H121BrN2O4S2. The van der Waals surface area contributed by atoms with E-state index < -0.39 is 0 Å². The maximum atomic E-state index is 16.0. The molecule has 0 N–H and O–H groups in total. The minimum Gasteiger partial charge on any atom is -0.274 e. The molecule has 0 unspecified atom stereocenters. The van der Waals surface area contributed by atoms with Crippen molar-refractivity contribution in [3.63, 3.8) is 0 Å². The molecule has 87 heavy (non-hydrogen) atoms. The van der Waals surface area contributed by atoms with Gasteiger partial charge in [-0.2, -0.15) is 0 Å². The molecule has 0 fully saturated rings. The van der Waals surface area contributed by atoms with E-state index >= 15 is 19.2 Å². The number of thiophene rings is 2. The fraction of sp³-hybridized carbons (Fsp3) is 0.718. The molecule has 6 rings (SSSR count). The first-order valence-corrected chi connectivity index (χ1v) is 39.3. The van der Waals surface area contributed by atoms with Crippen LogP contribution in [-0.4, -0.2) is 46.5 Å². The molecule has 0 saturated heterocycles. The second-order valence-corrected chi connectivity index (χ2v) is 30.5. The number of amides is 4. The summed E-state index contributed by atoms with van der Waals surface area (Å²) in [6.45, 7) is 14.4. The van der Waals surface area contributed by atoms with Crippen LogP contribution in [0.1, 0.15) is 376 Å². The molecule has 0 bridgehead atoms. The smallest absolute Gasteiger partial charge is 0.262 e. The van der Waals surface area contributed by atoms with Gasteiger partial charge in [0.1, 0.15) is 0 Å². The first-order chi connectivity index (χ1) is 42.6. The summed E-state index contributed by atoms with van der Waals surface area (Å²) < 4.78 is 1.05. The quantitative estimate of drug-likeness (QED) is 0.0326. The summed E-state index contributed by atoms with van der Waals surface area (Å²) in [6.07, 6.45) is 55.0. The molecule has 4 amide bonds. The molecular weight excluding hydrogens is 1170 g/mol. The number of halogens is 1. The van der Waals surface area contributed by atoms with Gasteiger partial charge in [0.05, 0.1) is 14.9 Å². The van der Waals surface area contributed by atoms with Crippen molar-refractivity contribution in [3.05, 3.63) is 66.8 Å². The van der Waals surface area contributed by atoms with Gasteiger partial charge in [0.15, 0.2) is 0 Å². The predicted octanol–water partition coefficient (Wildman–Crippen LogP) is 25.9.